The Labute approximate surface area is 235 Å². The van der Waals surface area contributed by atoms with Crippen molar-refractivity contribution in [3.63, 3.8) is 0 Å². The van der Waals surface area contributed by atoms with E-state index in [0.29, 0.717) is 17.7 Å². The highest BCUT2D eigenvalue weighted by Crippen LogP contribution is 2.52. The molecule has 1 fully saturated rings. The van der Waals surface area contributed by atoms with Gasteiger partial charge < -0.3 is 26.2 Å². The monoisotopic (exact) mass is 573 g/mol. The smallest absolute Gasteiger partial charge is 0.255 e. The minimum atomic E-state index is -2.69. The summed E-state index contributed by atoms with van der Waals surface area (Å²) in [5.74, 6) is -9.66. The fraction of sp³-hybridized carbons (Fsp3) is 0.483. The maximum Gasteiger partial charge on any atom is 0.255 e. The van der Waals surface area contributed by atoms with Gasteiger partial charge in [0, 0.05) is 44.0 Å². The molecule has 1 aliphatic heterocycles. The van der Waals surface area contributed by atoms with Crippen LogP contribution in [0.15, 0.2) is 40.9 Å². The summed E-state index contributed by atoms with van der Waals surface area (Å²) in [6.07, 6.45) is 3.30. The van der Waals surface area contributed by atoms with E-state index < -0.39 is 64.0 Å². The molecule has 0 saturated carbocycles. The Morgan fingerprint density at radius 2 is 1.83 bits per heavy atom. The van der Waals surface area contributed by atoms with Crippen molar-refractivity contribution < 1.29 is 43.6 Å². The number of hydrogen-bond donors (Lipinski definition) is 5. The number of halogens is 2. The number of likely N-dealkylation sites (tertiary alicyclic amines) is 1. The number of ketones is 2. The molecule has 0 spiro atoms. The highest BCUT2D eigenvalue weighted by atomic mass is 19.3. The SMILES string of the molecule is CN(C)[C@@H]1C(O)=C(C(N)=O)C(=O)[C@@]2(O)C(O)=C3C(=O)c4c(O)ccc(/C=C/CN5CCC(F)(F)CC5)c4C[C@H]3C[C@@H]12. The van der Waals surface area contributed by atoms with E-state index in [-0.39, 0.29) is 55.7 Å². The number of primary amides is 1. The van der Waals surface area contributed by atoms with Crippen molar-refractivity contribution in [1.82, 2.24) is 9.80 Å². The Morgan fingerprint density at radius 1 is 1.17 bits per heavy atom. The fourth-order valence-corrected chi connectivity index (χ4v) is 6.82. The molecule has 3 aliphatic carbocycles. The lowest BCUT2D eigenvalue weighted by Crippen LogP contribution is -2.63. The molecule has 1 aromatic rings. The van der Waals surface area contributed by atoms with Gasteiger partial charge in [-0.25, -0.2) is 8.78 Å². The van der Waals surface area contributed by atoms with Crippen LogP contribution in [0.4, 0.5) is 8.78 Å². The van der Waals surface area contributed by atoms with Gasteiger partial charge in [-0.05, 0) is 50.0 Å². The molecule has 12 heteroatoms. The zero-order valence-electron chi connectivity index (χ0n) is 22.7. The largest absolute Gasteiger partial charge is 0.510 e. The number of aliphatic hydroxyl groups is 3. The third-order valence-corrected chi connectivity index (χ3v) is 8.89. The highest BCUT2D eigenvalue weighted by Gasteiger charge is 2.63. The van der Waals surface area contributed by atoms with Crippen LogP contribution in [0.1, 0.15) is 40.7 Å². The number of aromatic hydroxyl groups is 1. The molecule has 6 N–H and O–H groups in total. The number of phenols is 1. The van der Waals surface area contributed by atoms with E-state index in [1.54, 1.807) is 32.3 Å². The molecule has 4 atom stereocenters. The molecule has 1 amide bonds. The summed E-state index contributed by atoms with van der Waals surface area (Å²) in [6, 6.07) is 1.90. The van der Waals surface area contributed by atoms with E-state index in [1.165, 1.54) is 11.0 Å². The van der Waals surface area contributed by atoms with Gasteiger partial charge in [0.25, 0.3) is 11.8 Å². The number of hydrogen-bond acceptors (Lipinski definition) is 9. The summed E-state index contributed by atoms with van der Waals surface area (Å²) in [5.41, 5.74) is 2.62. The molecule has 5 rings (SSSR count). The van der Waals surface area contributed by atoms with Gasteiger partial charge in [-0.15, -0.1) is 0 Å². The number of amides is 1. The zero-order chi connectivity index (χ0) is 30.0. The molecule has 4 aliphatic rings. The molecular weight excluding hydrogens is 540 g/mol. The van der Waals surface area contributed by atoms with Crippen LogP contribution < -0.4 is 5.73 Å². The number of likely N-dealkylation sites (N-methyl/N-ethyl adjacent to an activating group) is 1. The van der Waals surface area contributed by atoms with E-state index in [2.05, 4.69) is 0 Å². The Kier molecular flexibility index (Phi) is 7.07. The second-order valence-corrected chi connectivity index (χ2v) is 11.5. The molecule has 0 bridgehead atoms. The predicted octanol–water partition coefficient (Wildman–Crippen LogP) is 1.86. The number of carbonyl (C=O) groups excluding carboxylic acids is 3. The van der Waals surface area contributed by atoms with Crippen LogP contribution in [0.25, 0.3) is 6.08 Å². The summed E-state index contributed by atoms with van der Waals surface area (Å²) in [6.45, 7) is 0.937. The Hall–Kier alpha value is -3.61. The first-order chi connectivity index (χ1) is 19.2. The second kappa shape index (κ2) is 10.0. The maximum atomic E-state index is 13.8. The van der Waals surface area contributed by atoms with Crippen LogP contribution in [0.3, 0.4) is 0 Å². The molecule has 10 nitrogen and oxygen atoms in total. The van der Waals surface area contributed by atoms with Crippen molar-refractivity contribution in [2.24, 2.45) is 17.6 Å². The first kappa shape index (κ1) is 28.9. The van der Waals surface area contributed by atoms with Crippen molar-refractivity contribution in [3.8, 4) is 5.75 Å². The van der Waals surface area contributed by atoms with Crippen molar-refractivity contribution >= 4 is 23.5 Å². The van der Waals surface area contributed by atoms with Crippen molar-refractivity contribution in [3.05, 3.63) is 57.6 Å². The van der Waals surface area contributed by atoms with Gasteiger partial charge >= 0.3 is 0 Å². The highest BCUT2D eigenvalue weighted by molar-refractivity contribution is 6.24. The number of phenolic OH excluding ortho intramolecular Hbond substituents is 1. The summed E-state index contributed by atoms with van der Waals surface area (Å²) in [5, 5.41) is 44.5. The Balaban J connectivity index is 1.53. The van der Waals surface area contributed by atoms with E-state index in [0.717, 1.165) is 0 Å². The first-order valence-corrected chi connectivity index (χ1v) is 13.5. The van der Waals surface area contributed by atoms with E-state index in [4.69, 9.17) is 5.73 Å². The van der Waals surface area contributed by atoms with Crippen molar-refractivity contribution in [2.45, 2.75) is 43.2 Å². The summed E-state index contributed by atoms with van der Waals surface area (Å²) in [7, 11) is 3.13. The van der Waals surface area contributed by atoms with Gasteiger partial charge in [0.05, 0.1) is 11.6 Å². The Morgan fingerprint density at radius 3 is 2.44 bits per heavy atom. The third-order valence-electron chi connectivity index (χ3n) is 8.89. The maximum absolute atomic E-state index is 13.8. The van der Waals surface area contributed by atoms with Gasteiger partial charge in [-0.2, -0.15) is 0 Å². The number of Topliss-reactive ketones (excluding diaryl/α,β-unsaturated/α-hetero) is 2. The number of rotatable bonds is 5. The van der Waals surface area contributed by atoms with Gasteiger partial charge in [0.15, 0.2) is 11.4 Å². The van der Waals surface area contributed by atoms with Gasteiger partial charge in [-0.3, -0.25) is 24.2 Å². The number of nitrogens with zero attached hydrogens (tertiary/aromatic N) is 2. The normalized spacial score (nSPS) is 30.0. The van der Waals surface area contributed by atoms with Crippen LogP contribution in [0.2, 0.25) is 0 Å². The van der Waals surface area contributed by atoms with E-state index in [9.17, 15) is 43.6 Å². The van der Waals surface area contributed by atoms with E-state index >= 15 is 0 Å². The summed E-state index contributed by atoms with van der Waals surface area (Å²) >= 11 is 0. The van der Waals surface area contributed by atoms with Crippen LogP contribution >= 0.6 is 0 Å². The van der Waals surface area contributed by atoms with Crippen molar-refractivity contribution in [2.75, 3.05) is 33.7 Å². The van der Waals surface area contributed by atoms with Crippen LogP contribution in [-0.2, 0) is 16.0 Å². The van der Waals surface area contributed by atoms with Gasteiger partial charge in [0.2, 0.25) is 5.78 Å². The standard InChI is InChI=1S/C29H33F2N3O7/c1-33(2)22-17-13-15-12-16-14(4-3-9-34-10-7-28(30,31)8-11-34)5-6-18(35)20(16)23(36)19(15)25(38)29(17,41)26(39)21(24(22)37)27(32)40/h3-6,15,17,22,35,37-38,41H,7-13H2,1-2H3,(H2,32,40)/b4-3+/t15-,17-,22-,29-/m0/s1. The topological polar surface area (TPSA) is 165 Å². The summed E-state index contributed by atoms with van der Waals surface area (Å²) in [4.78, 5) is 42.6. The number of carbonyl (C=O) groups is 3. The van der Waals surface area contributed by atoms with Crippen molar-refractivity contribution in [1.29, 1.82) is 0 Å². The Bertz CT molecular complexity index is 1420. The number of fused-ring (bicyclic) bond motifs is 3. The quantitative estimate of drug-likeness (QED) is 0.331. The van der Waals surface area contributed by atoms with Gasteiger partial charge in [-0.1, -0.05) is 18.2 Å². The molecule has 1 heterocycles. The lowest BCUT2D eigenvalue weighted by Gasteiger charge is -2.50. The summed E-state index contributed by atoms with van der Waals surface area (Å²) < 4.78 is 27.0. The first-order valence-electron chi connectivity index (χ1n) is 13.5. The van der Waals surface area contributed by atoms with Crippen LogP contribution in [-0.4, -0.2) is 99.0 Å². The zero-order valence-corrected chi connectivity index (χ0v) is 22.7. The molecule has 0 aromatic heterocycles. The molecule has 41 heavy (non-hydrogen) atoms. The fourth-order valence-electron chi connectivity index (χ4n) is 6.82. The third kappa shape index (κ3) is 4.54. The van der Waals surface area contributed by atoms with Gasteiger partial charge in [0.1, 0.15) is 22.8 Å². The van der Waals surface area contributed by atoms with E-state index in [1.807, 2.05) is 4.90 Å². The minimum Gasteiger partial charge on any atom is -0.510 e. The molecule has 1 saturated heterocycles. The van der Waals surface area contributed by atoms with Crippen LogP contribution in [0.5, 0.6) is 5.75 Å². The number of allylic oxidation sites excluding steroid dienone is 1. The number of aliphatic hydroxyl groups excluding tert-OH is 2. The lowest BCUT2D eigenvalue weighted by atomic mass is 9.58. The average molecular weight is 574 g/mol. The molecule has 0 unspecified atom stereocenters. The lowest BCUT2D eigenvalue weighted by molar-refractivity contribution is -0.148. The molecule has 220 valence electrons. The molecular formula is C29H33F2N3O7. The number of nitrogens with two attached hydrogens (primary N) is 1. The number of alkyl halides is 2. The number of benzene rings is 1. The van der Waals surface area contributed by atoms with Crippen LogP contribution in [0, 0.1) is 11.8 Å². The second-order valence-electron chi connectivity index (χ2n) is 11.5. The average Bonchev–Trinajstić information content (AvgIpc) is 2.88. The minimum absolute atomic E-state index is 0.00738. The molecule has 1 aromatic carbocycles. The molecule has 0 radical (unpaired) electrons. The number of piperidine rings is 1. The predicted molar refractivity (Wildman–Crippen MR) is 143 cm³/mol.